The number of nitrogens with zero attached hydrogens (tertiary/aromatic N) is 5. The molecule has 2 aromatic heterocycles. The Balaban J connectivity index is 1.84. The molecule has 3 aromatic rings. The van der Waals surface area contributed by atoms with Gasteiger partial charge in [-0.2, -0.15) is 23.8 Å². The number of thiazole rings is 1. The first-order chi connectivity index (χ1) is 14.3. The van der Waals surface area contributed by atoms with Gasteiger partial charge in [-0.25, -0.2) is 18.7 Å². The second kappa shape index (κ2) is 8.87. The molecular formula is C17H12F4N6O2S. The highest BCUT2D eigenvalue weighted by Gasteiger charge is 2.21. The van der Waals surface area contributed by atoms with Crippen LogP contribution < -0.4 is 10.1 Å². The lowest BCUT2D eigenvalue weighted by molar-refractivity contribution is -0.0500. The van der Waals surface area contributed by atoms with Crippen molar-refractivity contribution >= 4 is 17.2 Å². The molecule has 0 bridgehead atoms. The van der Waals surface area contributed by atoms with E-state index in [1.165, 1.54) is 17.2 Å². The Morgan fingerprint density at radius 2 is 2.03 bits per heavy atom. The Labute approximate surface area is 170 Å². The summed E-state index contributed by atoms with van der Waals surface area (Å²) in [4.78, 5) is 21.0. The largest absolute Gasteiger partial charge is 0.435 e. The van der Waals surface area contributed by atoms with Gasteiger partial charge < -0.3 is 10.1 Å². The molecule has 0 radical (unpaired) electrons. The zero-order valence-electron chi connectivity index (χ0n) is 15.1. The Morgan fingerprint density at radius 3 is 2.67 bits per heavy atom. The molecule has 0 aliphatic heterocycles. The SMILES string of the molecule is CC(NC(=O)c1cc(OC(F)F)cc(C(F)F)c1)c1ncnn1-c1ncc(C#N)s1. The number of hydrogen-bond donors (Lipinski definition) is 1. The molecule has 30 heavy (non-hydrogen) atoms. The minimum absolute atomic E-state index is 0.260. The van der Waals surface area contributed by atoms with Crippen molar-refractivity contribution in [3.63, 3.8) is 0 Å². The van der Waals surface area contributed by atoms with E-state index in [0.29, 0.717) is 10.0 Å². The zero-order valence-corrected chi connectivity index (χ0v) is 15.9. The van der Waals surface area contributed by atoms with E-state index in [4.69, 9.17) is 5.26 Å². The number of hydrogen-bond acceptors (Lipinski definition) is 7. The molecule has 1 amide bonds. The molecule has 2 heterocycles. The molecule has 0 aliphatic carbocycles. The summed E-state index contributed by atoms with van der Waals surface area (Å²) in [5.74, 6) is -1.11. The molecule has 0 saturated heterocycles. The van der Waals surface area contributed by atoms with Gasteiger partial charge in [-0.15, -0.1) is 0 Å². The lowest BCUT2D eigenvalue weighted by Gasteiger charge is -2.15. The van der Waals surface area contributed by atoms with Crippen molar-refractivity contribution in [1.29, 1.82) is 5.26 Å². The highest BCUT2D eigenvalue weighted by atomic mass is 32.1. The standard InChI is InChI=1S/C17H12F4N6O2S/c1-8(14-24-7-25-27(14)17-23-6-12(5-22)30-17)26-15(28)10-2-9(13(18)19)3-11(4-10)29-16(20)21/h2-4,6-8,13,16H,1H3,(H,26,28). The number of alkyl halides is 4. The summed E-state index contributed by atoms with van der Waals surface area (Å²) in [6.45, 7) is -1.67. The van der Waals surface area contributed by atoms with E-state index in [1.807, 2.05) is 6.07 Å². The molecule has 1 atom stereocenters. The summed E-state index contributed by atoms with van der Waals surface area (Å²) in [5, 5.41) is 15.8. The highest BCUT2D eigenvalue weighted by molar-refractivity contribution is 7.14. The molecule has 1 aromatic carbocycles. The predicted octanol–water partition coefficient (Wildman–Crippen LogP) is 3.63. The van der Waals surface area contributed by atoms with E-state index in [1.54, 1.807) is 6.92 Å². The third kappa shape index (κ3) is 4.71. The van der Waals surface area contributed by atoms with Gasteiger partial charge in [0.15, 0.2) is 5.82 Å². The maximum atomic E-state index is 13.1. The van der Waals surface area contributed by atoms with E-state index < -0.39 is 36.3 Å². The molecular weight excluding hydrogens is 428 g/mol. The van der Waals surface area contributed by atoms with E-state index in [-0.39, 0.29) is 11.4 Å². The Kier molecular flexibility index (Phi) is 6.26. The lowest BCUT2D eigenvalue weighted by Crippen LogP contribution is -2.29. The second-order valence-corrected chi connectivity index (χ2v) is 6.82. The van der Waals surface area contributed by atoms with Gasteiger partial charge in [-0.05, 0) is 25.1 Å². The number of aromatic nitrogens is 4. The summed E-state index contributed by atoms with van der Waals surface area (Å²) in [5.41, 5.74) is -0.927. The molecule has 0 saturated carbocycles. The molecule has 3 rings (SSSR count). The van der Waals surface area contributed by atoms with E-state index in [0.717, 1.165) is 29.5 Å². The van der Waals surface area contributed by atoms with Gasteiger partial charge in [0, 0.05) is 11.1 Å². The third-order valence-corrected chi connectivity index (χ3v) is 4.64. The van der Waals surface area contributed by atoms with Crippen LogP contribution in [-0.2, 0) is 0 Å². The maximum Gasteiger partial charge on any atom is 0.387 e. The molecule has 8 nitrogen and oxygen atoms in total. The molecule has 0 aliphatic rings. The van der Waals surface area contributed by atoms with Gasteiger partial charge in [0.05, 0.1) is 12.2 Å². The summed E-state index contributed by atoms with van der Waals surface area (Å²) < 4.78 is 56.5. The maximum absolute atomic E-state index is 13.1. The van der Waals surface area contributed by atoms with Crippen molar-refractivity contribution in [3.05, 3.63) is 52.6 Å². The van der Waals surface area contributed by atoms with Gasteiger partial charge >= 0.3 is 6.61 Å². The summed E-state index contributed by atoms with van der Waals surface area (Å²) in [6.07, 6.45) is -0.412. The molecule has 1 unspecified atom stereocenters. The quantitative estimate of drug-likeness (QED) is 0.563. The Bertz CT molecular complexity index is 1090. The monoisotopic (exact) mass is 440 g/mol. The second-order valence-electron chi connectivity index (χ2n) is 5.81. The number of amides is 1. The molecule has 13 heteroatoms. The zero-order chi connectivity index (χ0) is 21.8. The summed E-state index contributed by atoms with van der Waals surface area (Å²) >= 11 is 1.05. The third-order valence-electron chi connectivity index (χ3n) is 3.76. The van der Waals surface area contributed by atoms with E-state index in [2.05, 4.69) is 25.1 Å². The van der Waals surface area contributed by atoms with Crippen LogP contribution in [0.3, 0.4) is 0 Å². The smallest absolute Gasteiger partial charge is 0.387 e. The number of nitrogens with one attached hydrogen (secondary N) is 1. The fraction of sp³-hybridized carbons (Fsp3) is 0.235. The molecule has 156 valence electrons. The topological polar surface area (TPSA) is 106 Å². The number of carbonyl (C=O) groups excluding carboxylic acids is 1. The first-order valence-corrected chi connectivity index (χ1v) is 9.05. The number of halogens is 4. The van der Waals surface area contributed by atoms with Crippen LogP contribution in [0.5, 0.6) is 5.75 Å². The Hall–Kier alpha value is -3.53. The first kappa shape index (κ1) is 21.2. The van der Waals surface area contributed by atoms with Crippen LogP contribution >= 0.6 is 11.3 Å². The number of benzene rings is 1. The van der Waals surface area contributed by atoms with Crippen molar-refractivity contribution in [2.24, 2.45) is 0 Å². The van der Waals surface area contributed by atoms with Crippen molar-refractivity contribution in [2.45, 2.75) is 26.0 Å². The lowest BCUT2D eigenvalue weighted by atomic mass is 10.1. The number of rotatable bonds is 7. The van der Waals surface area contributed by atoms with Crippen LogP contribution in [-0.4, -0.2) is 32.3 Å². The molecule has 0 fully saturated rings. The van der Waals surface area contributed by atoms with Crippen LogP contribution in [0.25, 0.3) is 5.13 Å². The van der Waals surface area contributed by atoms with E-state index >= 15 is 0 Å². The number of ether oxygens (including phenoxy) is 1. The van der Waals surface area contributed by atoms with E-state index in [9.17, 15) is 22.4 Å². The fourth-order valence-electron chi connectivity index (χ4n) is 2.50. The normalized spacial score (nSPS) is 12.1. The molecule has 1 N–H and O–H groups in total. The van der Waals surface area contributed by atoms with Gasteiger partial charge in [0.2, 0.25) is 5.13 Å². The van der Waals surface area contributed by atoms with Gasteiger partial charge in [0.1, 0.15) is 23.0 Å². The minimum Gasteiger partial charge on any atom is -0.435 e. The fourth-order valence-corrected chi connectivity index (χ4v) is 3.18. The average Bonchev–Trinajstić information content (AvgIpc) is 3.36. The first-order valence-electron chi connectivity index (χ1n) is 8.23. The van der Waals surface area contributed by atoms with Crippen molar-refractivity contribution in [1.82, 2.24) is 25.1 Å². The van der Waals surface area contributed by atoms with Crippen molar-refractivity contribution in [3.8, 4) is 17.0 Å². The van der Waals surface area contributed by atoms with Gasteiger partial charge in [0.25, 0.3) is 12.3 Å². The number of nitriles is 1. The Morgan fingerprint density at radius 1 is 1.27 bits per heavy atom. The molecule has 0 spiro atoms. The van der Waals surface area contributed by atoms with Crippen molar-refractivity contribution < 1.29 is 27.1 Å². The van der Waals surface area contributed by atoms with Crippen molar-refractivity contribution in [2.75, 3.05) is 0 Å². The average molecular weight is 440 g/mol. The predicted molar refractivity (Wildman–Crippen MR) is 95.7 cm³/mol. The van der Waals surface area contributed by atoms with Gasteiger partial charge in [-0.1, -0.05) is 11.3 Å². The highest BCUT2D eigenvalue weighted by Crippen LogP contribution is 2.27. The summed E-state index contributed by atoms with van der Waals surface area (Å²) in [7, 11) is 0. The van der Waals surface area contributed by atoms with Crippen LogP contribution in [0.2, 0.25) is 0 Å². The van der Waals surface area contributed by atoms with Crippen LogP contribution in [0.15, 0.2) is 30.7 Å². The summed E-state index contributed by atoms with van der Waals surface area (Å²) in [6, 6.07) is 3.74. The number of carbonyl (C=O) groups is 1. The minimum atomic E-state index is -3.23. The van der Waals surface area contributed by atoms with Gasteiger partial charge in [-0.3, -0.25) is 4.79 Å². The van der Waals surface area contributed by atoms with Crippen LogP contribution in [0.4, 0.5) is 17.6 Å². The van der Waals surface area contributed by atoms with Crippen LogP contribution in [0, 0.1) is 11.3 Å². The van der Waals surface area contributed by atoms with Crippen LogP contribution in [0.1, 0.15) is 46.0 Å².